The summed E-state index contributed by atoms with van der Waals surface area (Å²) in [5.41, 5.74) is 1.33. The molecule has 2 N–H and O–H groups in total. The van der Waals surface area contributed by atoms with Crippen LogP contribution in [0.25, 0.3) is 6.08 Å². The Morgan fingerprint density at radius 1 is 1.10 bits per heavy atom. The average molecular weight is 417 g/mol. The van der Waals surface area contributed by atoms with Crippen molar-refractivity contribution in [2.45, 2.75) is 37.7 Å². The van der Waals surface area contributed by atoms with Crippen LogP contribution in [0.15, 0.2) is 36.4 Å². The molecule has 1 fully saturated rings. The topological polar surface area (TPSA) is 76.0 Å². The zero-order chi connectivity index (χ0) is 21.0. The average Bonchev–Trinajstić information content (AvgIpc) is 2.73. The van der Waals surface area contributed by atoms with Gasteiger partial charge < -0.3 is 19.7 Å². The molecule has 0 spiro atoms. The van der Waals surface area contributed by atoms with Crippen LogP contribution >= 0.6 is 11.6 Å². The van der Waals surface area contributed by atoms with E-state index in [1.54, 1.807) is 36.4 Å². The maximum atomic E-state index is 12.9. The summed E-state index contributed by atoms with van der Waals surface area (Å²) in [7, 11) is 2.93. The first-order valence-electron chi connectivity index (χ1n) is 9.60. The molecule has 154 valence electrons. The Labute approximate surface area is 175 Å². The number of phenolic OH excluding ortho intramolecular Hbond substituents is 1. The largest absolute Gasteiger partial charge is 0.507 e. The van der Waals surface area contributed by atoms with E-state index in [1.165, 1.54) is 20.3 Å². The SMILES string of the molecule is COc1cc(OC)c(C2CCCCC2O)c(O)c1C(=O)/C=C/c1ccc(Cl)cc1. The van der Waals surface area contributed by atoms with Crippen molar-refractivity contribution < 1.29 is 24.5 Å². The van der Waals surface area contributed by atoms with Crippen molar-refractivity contribution in [3.63, 3.8) is 0 Å². The van der Waals surface area contributed by atoms with Crippen molar-refractivity contribution in [3.05, 3.63) is 58.1 Å². The number of ketones is 1. The molecule has 2 aromatic rings. The van der Waals surface area contributed by atoms with Crippen LogP contribution < -0.4 is 9.47 Å². The van der Waals surface area contributed by atoms with E-state index in [9.17, 15) is 15.0 Å². The van der Waals surface area contributed by atoms with Crippen LogP contribution in [-0.2, 0) is 0 Å². The Hall–Kier alpha value is -2.50. The number of carbonyl (C=O) groups is 1. The predicted molar refractivity (Wildman–Crippen MR) is 113 cm³/mol. The van der Waals surface area contributed by atoms with Crippen molar-refractivity contribution in [2.24, 2.45) is 0 Å². The number of benzene rings is 2. The normalized spacial score (nSPS) is 19.3. The highest BCUT2D eigenvalue weighted by atomic mass is 35.5. The molecule has 2 unspecified atom stereocenters. The molecule has 0 aliphatic heterocycles. The summed E-state index contributed by atoms with van der Waals surface area (Å²) < 4.78 is 10.8. The molecule has 2 aromatic carbocycles. The van der Waals surface area contributed by atoms with Gasteiger partial charge in [-0.3, -0.25) is 4.79 Å². The van der Waals surface area contributed by atoms with E-state index in [2.05, 4.69) is 0 Å². The monoisotopic (exact) mass is 416 g/mol. The fraction of sp³-hybridized carbons (Fsp3) is 0.348. The number of aromatic hydroxyl groups is 1. The molecule has 0 aromatic heterocycles. The first kappa shape index (κ1) is 21.2. The zero-order valence-electron chi connectivity index (χ0n) is 16.5. The third kappa shape index (κ3) is 4.57. The molecule has 29 heavy (non-hydrogen) atoms. The van der Waals surface area contributed by atoms with Gasteiger partial charge in [0.05, 0.1) is 20.3 Å². The van der Waals surface area contributed by atoms with E-state index in [0.717, 1.165) is 18.4 Å². The Kier molecular flexibility index (Phi) is 6.83. The molecule has 0 saturated heterocycles. The van der Waals surface area contributed by atoms with Crippen LogP contribution in [0.5, 0.6) is 17.2 Å². The minimum Gasteiger partial charge on any atom is -0.507 e. The lowest BCUT2D eigenvalue weighted by Crippen LogP contribution is -2.23. The Morgan fingerprint density at radius 3 is 2.38 bits per heavy atom. The molecule has 5 nitrogen and oxygen atoms in total. The predicted octanol–water partition coefficient (Wildman–Crippen LogP) is 4.98. The first-order chi connectivity index (χ1) is 14.0. The van der Waals surface area contributed by atoms with E-state index in [-0.39, 0.29) is 23.0 Å². The number of ether oxygens (including phenoxy) is 2. The quantitative estimate of drug-likeness (QED) is 0.513. The Balaban J connectivity index is 2.03. The van der Waals surface area contributed by atoms with Gasteiger partial charge in [-0.15, -0.1) is 0 Å². The molecule has 1 aliphatic rings. The second-order valence-corrected chi connectivity index (χ2v) is 7.56. The molecule has 3 rings (SSSR count). The van der Waals surface area contributed by atoms with E-state index in [1.807, 2.05) is 0 Å². The lowest BCUT2D eigenvalue weighted by molar-refractivity contribution is 0.101. The highest BCUT2D eigenvalue weighted by Gasteiger charge is 2.33. The lowest BCUT2D eigenvalue weighted by Gasteiger charge is -2.30. The van der Waals surface area contributed by atoms with Gasteiger partial charge in [-0.1, -0.05) is 42.7 Å². The fourth-order valence-corrected chi connectivity index (χ4v) is 3.97. The van der Waals surface area contributed by atoms with Crippen molar-refractivity contribution >= 4 is 23.5 Å². The fourth-order valence-electron chi connectivity index (χ4n) is 3.84. The number of phenols is 1. The Bertz CT molecular complexity index is 904. The van der Waals surface area contributed by atoms with Gasteiger partial charge >= 0.3 is 0 Å². The van der Waals surface area contributed by atoms with E-state index < -0.39 is 11.9 Å². The Morgan fingerprint density at radius 2 is 1.76 bits per heavy atom. The number of aliphatic hydroxyl groups is 1. The molecular formula is C23H25ClO5. The first-order valence-corrected chi connectivity index (χ1v) is 9.98. The smallest absolute Gasteiger partial charge is 0.193 e. The van der Waals surface area contributed by atoms with Gasteiger partial charge in [0, 0.05) is 22.6 Å². The molecule has 1 saturated carbocycles. The molecule has 0 heterocycles. The second kappa shape index (κ2) is 9.33. The highest BCUT2D eigenvalue weighted by Crippen LogP contribution is 2.47. The minimum absolute atomic E-state index is 0.0614. The third-order valence-corrected chi connectivity index (χ3v) is 5.60. The number of hydrogen-bond donors (Lipinski definition) is 2. The molecule has 2 atom stereocenters. The molecule has 0 radical (unpaired) electrons. The van der Waals surface area contributed by atoms with Crippen LogP contribution in [0.3, 0.4) is 0 Å². The molecule has 1 aliphatic carbocycles. The van der Waals surface area contributed by atoms with Gasteiger partial charge in [0.2, 0.25) is 0 Å². The van der Waals surface area contributed by atoms with Gasteiger partial charge in [-0.2, -0.15) is 0 Å². The van der Waals surface area contributed by atoms with Gasteiger partial charge in [-0.05, 0) is 36.6 Å². The van der Waals surface area contributed by atoms with Crippen LogP contribution in [0.4, 0.5) is 0 Å². The number of aliphatic hydroxyl groups excluding tert-OH is 1. The summed E-state index contributed by atoms with van der Waals surface area (Å²) in [6.07, 6.45) is 5.68. The van der Waals surface area contributed by atoms with E-state index in [4.69, 9.17) is 21.1 Å². The summed E-state index contributed by atoms with van der Waals surface area (Å²) in [6.45, 7) is 0. The number of halogens is 1. The maximum absolute atomic E-state index is 12.9. The maximum Gasteiger partial charge on any atom is 0.193 e. The zero-order valence-corrected chi connectivity index (χ0v) is 17.3. The summed E-state index contributed by atoms with van der Waals surface area (Å²) in [5.74, 6) is -0.263. The molecule has 0 bridgehead atoms. The summed E-state index contributed by atoms with van der Waals surface area (Å²) >= 11 is 5.89. The van der Waals surface area contributed by atoms with Gasteiger partial charge in [-0.25, -0.2) is 0 Å². The summed E-state index contributed by atoms with van der Waals surface area (Å²) in [5, 5.41) is 22.1. The van der Waals surface area contributed by atoms with E-state index in [0.29, 0.717) is 29.2 Å². The number of hydrogen-bond acceptors (Lipinski definition) is 5. The van der Waals surface area contributed by atoms with Crippen LogP contribution in [0, 0.1) is 0 Å². The van der Waals surface area contributed by atoms with Crippen LogP contribution in [0.1, 0.15) is 53.1 Å². The van der Waals surface area contributed by atoms with Crippen molar-refractivity contribution in [1.29, 1.82) is 0 Å². The summed E-state index contributed by atoms with van der Waals surface area (Å²) in [4.78, 5) is 12.9. The van der Waals surface area contributed by atoms with Crippen molar-refractivity contribution in [1.82, 2.24) is 0 Å². The van der Waals surface area contributed by atoms with Gasteiger partial charge in [0.25, 0.3) is 0 Å². The van der Waals surface area contributed by atoms with E-state index >= 15 is 0 Å². The minimum atomic E-state index is -0.593. The number of rotatable bonds is 6. The van der Waals surface area contributed by atoms with Crippen molar-refractivity contribution in [2.75, 3.05) is 14.2 Å². The number of allylic oxidation sites excluding steroid dienone is 1. The second-order valence-electron chi connectivity index (χ2n) is 7.13. The van der Waals surface area contributed by atoms with Crippen LogP contribution in [-0.4, -0.2) is 36.3 Å². The molecule has 0 amide bonds. The van der Waals surface area contributed by atoms with Crippen molar-refractivity contribution in [3.8, 4) is 17.2 Å². The highest BCUT2D eigenvalue weighted by molar-refractivity contribution is 6.30. The number of carbonyl (C=O) groups excluding carboxylic acids is 1. The standard InChI is InChI=1S/C23H25ClO5/c1-28-19-13-20(29-2)22(18(26)12-9-14-7-10-15(24)11-8-14)23(27)21(19)16-5-3-4-6-17(16)25/h7-13,16-17,25,27H,3-6H2,1-2H3/b12-9+. The number of methoxy groups -OCH3 is 2. The van der Waals surface area contributed by atoms with Gasteiger partial charge in [0.15, 0.2) is 5.78 Å². The molecule has 6 heteroatoms. The van der Waals surface area contributed by atoms with Gasteiger partial charge in [0.1, 0.15) is 22.8 Å². The molecular weight excluding hydrogens is 392 g/mol. The van der Waals surface area contributed by atoms with Crippen LogP contribution in [0.2, 0.25) is 5.02 Å². The lowest BCUT2D eigenvalue weighted by atomic mass is 9.80. The summed E-state index contributed by atoms with van der Waals surface area (Å²) in [6, 6.07) is 8.65. The third-order valence-electron chi connectivity index (χ3n) is 5.35.